The van der Waals surface area contributed by atoms with Crippen LogP contribution < -0.4 is 15.0 Å². The predicted molar refractivity (Wildman–Crippen MR) is 162 cm³/mol. The van der Waals surface area contributed by atoms with Crippen LogP contribution >= 0.6 is 0 Å². The number of benzene rings is 2. The van der Waals surface area contributed by atoms with E-state index in [4.69, 9.17) is 9.72 Å². The molecule has 4 saturated heterocycles. The van der Waals surface area contributed by atoms with Gasteiger partial charge in [0, 0.05) is 48.9 Å². The number of halogens is 5. The molecular formula is C33H31F5N6O2. The minimum atomic E-state index is -2.53. The van der Waals surface area contributed by atoms with Crippen LogP contribution in [-0.2, 0) is 0 Å². The second-order valence-electron chi connectivity index (χ2n) is 12.9. The van der Waals surface area contributed by atoms with E-state index in [1.54, 1.807) is 0 Å². The molecule has 0 radical (unpaired) electrons. The molecule has 6 heterocycles. The maximum Gasteiger partial charge on any atom is 0.319 e. The van der Waals surface area contributed by atoms with Gasteiger partial charge in [-0.3, -0.25) is 9.88 Å². The first-order valence-corrected chi connectivity index (χ1v) is 15.5. The van der Waals surface area contributed by atoms with Crippen LogP contribution in [0, 0.1) is 17.5 Å². The highest BCUT2D eigenvalue weighted by molar-refractivity contribution is 6.00. The summed E-state index contributed by atoms with van der Waals surface area (Å²) in [6.45, 7) is 2.60. The molecule has 3 unspecified atom stereocenters. The van der Waals surface area contributed by atoms with E-state index in [0.29, 0.717) is 42.8 Å². The maximum absolute atomic E-state index is 16.6. The van der Waals surface area contributed by atoms with Gasteiger partial charge in [0.1, 0.15) is 29.4 Å². The zero-order valence-electron chi connectivity index (χ0n) is 24.7. The Bertz CT molecular complexity index is 1890. The maximum atomic E-state index is 16.6. The number of aromatic nitrogens is 3. The first kappa shape index (κ1) is 29.3. The highest BCUT2D eigenvalue weighted by atomic mass is 19.3. The zero-order chi connectivity index (χ0) is 31.7. The van der Waals surface area contributed by atoms with Crippen molar-refractivity contribution in [3.05, 3.63) is 59.6 Å². The van der Waals surface area contributed by atoms with Crippen LogP contribution in [0.3, 0.4) is 0 Å². The number of pyridine rings is 1. The fourth-order valence-electron chi connectivity index (χ4n) is 7.92. The standard InChI is InChI=1S/C33H31F5N6O2/c34-24-5-2-18-9-21(45)10-22(26(18)27(24)37)29-28(38)30-23(12-39-29)31(43-14-19-3-4-20(15-43)40-19)42-32(41-30)46-16-33-6-1-7-44(33)13-17(11-33)8-25(35)36/h2,5,8-10,12,19-20,25,40,45H,1,3-4,6-7,11,13-16H2. The van der Waals surface area contributed by atoms with Gasteiger partial charge in [-0.25, -0.2) is 22.0 Å². The average molecular weight is 639 g/mol. The Morgan fingerprint density at radius 3 is 2.67 bits per heavy atom. The molecule has 2 aromatic heterocycles. The monoisotopic (exact) mass is 638 g/mol. The summed E-state index contributed by atoms with van der Waals surface area (Å²) in [5.41, 5.74) is -0.378. The number of nitrogens with zero attached hydrogens (tertiary/aromatic N) is 5. The van der Waals surface area contributed by atoms with Crippen LogP contribution in [0.2, 0.25) is 0 Å². The summed E-state index contributed by atoms with van der Waals surface area (Å²) in [4.78, 5) is 17.8. The van der Waals surface area contributed by atoms with Crippen molar-refractivity contribution in [1.29, 1.82) is 0 Å². The molecule has 13 heteroatoms. The van der Waals surface area contributed by atoms with Crippen LogP contribution in [0.1, 0.15) is 32.1 Å². The number of nitrogens with one attached hydrogen (secondary N) is 1. The third-order valence-corrected chi connectivity index (χ3v) is 9.93. The van der Waals surface area contributed by atoms with Gasteiger partial charge in [0.05, 0.1) is 10.9 Å². The van der Waals surface area contributed by atoms with E-state index in [-0.39, 0.29) is 58.0 Å². The molecule has 2 bridgehead atoms. The lowest BCUT2D eigenvalue weighted by atomic mass is 9.93. The van der Waals surface area contributed by atoms with Crippen LogP contribution in [0.5, 0.6) is 11.8 Å². The van der Waals surface area contributed by atoms with Crippen LogP contribution in [0.15, 0.2) is 42.1 Å². The molecule has 3 atom stereocenters. The number of piperazine rings is 1. The normalized spacial score (nSPS) is 25.4. The minimum absolute atomic E-state index is 0.0741. The Kier molecular flexibility index (Phi) is 7.02. The number of phenols is 1. The van der Waals surface area contributed by atoms with E-state index >= 15 is 8.78 Å². The topological polar surface area (TPSA) is 86.6 Å². The lowest BCUT2D eigenvalue weighted by Gasteiger charge is -2.34. The molecule has 240 valence electrons. The third kappa shape index (κ3) is 4.91. The van der Waals surface area contributed by atoms with Crippen molar-refractivity contribution in [2.75, 3.05) is 37.7 Å². The molecule has 8 nitrogen and oxygen atoms in total. The van der Waals surface area contributed by atoms with Gasteiger partial charge >= 0.3 is 6.01 Å². The molecule has 4 fully saturated rings. The molecule has 0 amide bonds. The lowest BCUT2D eigenvalue weighted by molar-refractivity contribution is 0.108. The molecule has 8 rings (SSSR count). The second kappa shape index (κ2) is 11.0. The smallest absolute Gasteiger partial charge is 0.319 e. The number of hydrogen-bond acceptors (Lipinski definition) is 8. The number of hydrogen-bond donors (Lipinski definition) is 2. The SMILES string of the molecule is Oc1cc(-c2ncc3c(N4CC5CCC(C4)N5)nc(OCC45CCCN4CC(=CC(F)F)C5)nc3c2F)c2c(F)c(F)ccc2c1. The second-order valence-corrected chi connectivity index (χ2v) is 12.9. The fraction of sp³-hybridized carbons (Fsp3) is 0.424. The molecule has 4 aliphatic rings. The Labute approximate surface area is 260 Å². The molecule has 0 saturated carbocycles. The number of allylic oxidation sites excluding steroid dienone is 1. The van der Waals surface area contributed by atoms with Crippen LogP contribution in [-0.4, -0.2) is 81.8 Å². The predicted octanol–water partition coefficient (Wildman–Crippen LogP) is 5.72. The highest BCUT2D eigenvalue weighted by Crippen LogP contribution is 2.43. The Balaban J connectivity index is 1.24. The Morgan fingerprint density at radius 2 is 1.89 bits per heavy atom. The number of ether oxygens (including phenoxy) is 1. The van der Waals surface area contributed by atoms with Gasteiger partial charge in [0.15, 0.2) is 17.5 Å². The van der Waals surface area contributed by atoms with Crippen molar-refractivity contribution in [2.45, 2.75) is 56.2 Å². The number of rotatable bonds is 6. The summed E-state index contributed by atoms with van der Waals surface area (Å²) >= 11 is 0. The van der Waals surface area contributed by atoms with Crippen molar-refractivity contribution in [3.63, 3.8) is 0 Å². The highest BCUT2D eigenvalue weighted by Gasteiger charge is 2.47. The van der Waals surface area contributed by atoms with E-state index in [1.165, 1.54) is 18.3 Å². The molecular weight excluding hydrogens is 607 g/mol. The van der Waals surface area contributed by atoms with Crippen molar-refractivity contribution in [2.24, 2.45) is 0 Å². The Hall–Kier alpha value is -4.10. The van der Waals surface area contributed by atoms with Gasteiger partial charge < -0.3 is 20.1 Å². The summed E-state index contributed by atoms with van der Waals surface area (Å²) in [5, 5.41) is 14.2. The number of aromatic hydroxyl groups is 1. The van der Waals surface area contributed by atoms with Crippen LogP contribution in [0.4, 0.5) is 27.8 Å². The van der Waals surface area contributed by atoms with Crippen molar-refractivity contribution >= 4 is 27.5 Å². The first-order valence-electron chi connectivity index (χ1n) is 15.5. The summed E-state index contributed by atoms with van der Waals surface area (Å²) in [5.74, 6) is -3.03. The Morgan fingerprint density at radius 1 is 1.09 bits per heavy atom. The van der Waals surface area contributed by atoms with E-state index in [9.17, 15) is 18.3 Å². The van der Waals surface area contributed by atoms with Crippen LogP contribution in [0.25, 0.3) is 32.9 Å². The summed E-state index contributed by atoms with van der Waals surface area (Å²) in [7, 11) is 0. The van der Waals surface area contributed by atoms with E-state index < -0.39 is 29.4 Å². The molecule has 0 aliphatic carbocycles. The van der Waals surface area contributed by atoms with E-state index in [0.717, 1.165) is 50.4 Å². The van der Waals surface area contributed by atoms with Gasteiger partial charge in [-0.05, 0) is 68.3 Å². The number of phenolic OH excluding ortho intramolecular Hbond substituents is 1. The largest absolute Gasteiger partial charge is 0.508 e. The minimum Gasteiger partial charge on any atom is -0.508 e. The van der Waals surface area contributed by atoms with Crippen molar-refractivity contribution < 1.29 is 31.8 Å². The van der Waals surface area contributed by atoms with E-state index in [2.05, 4.69) is 25.1 Å². The fourth-order valence-corrected chi connectivity index (χ4v) is 7.92. The van der Waals surface area contributed by atoms with Gasteiger partial charge in [0.25, 0.3) is 6.43 Å². The number of fused-ring (bicyclic) bond motifs is 5. The third-order valence-electron chi connectivity index (χ3n) is 9.93. The molecule has 46 heavy (non-hydrogen) atoms. The molecule has 4 aliphatic heterocycles. The summed E-state index contributed by atoms with van der Waals surface area (Å²) < 4.78 is 78.6. The molecule has 0 spiro atoms. The van der Waals surface area contributed by atoms with Gasteiger partial charge in [-0.15, -0.1) is 0 Å². The average Bonchev–Trinajstić information content (AvgIpc) is 3.68. The summed E-state index contributed by atoms with van der Waals surface area (Å²) in [6.07, 6.45) is 3.99. The van der Waals surface area contributed by atoms with Gasteiger partial charge in [0.2, 0.25) is 0 Å². The summed E-state index contributed by atoms with van der Waals surface area (Å²) in [6, 6.07) is 5.07. The lowest BCUT2D eigenvalue weighted by Crippen LogP contribution is -2.51. The first-order chi connectivity index (χ1) is 22.2. The number of anilines is 1. The van der Waals surface area contributed by atoms with Gasteiger partial charge in [-0.1, -0.05) is 11.6 Å². The quantitative estimate of drug-likeness (QED) is 0.205. The van der Waals surface area contributed by atoms with Gasteiger partial charge in [-0.2, -0.15) is 9.97 Å². The molecule has 4 aromatic rings. The molecule has 2 N–H and O–H groups in total. The van der Waals surface area contributed by atoms with E-state index in [1.807, 2.05) is 0 Å². The zero-order valence-corrected chi connectivity index (χ0v) is 24.7. The van der Waals surface area contributed by atoms with Crippen molar-refractivity contribution in [3.8, 4) is 23.0 Å². The van der Waals surface area contributed by atoms with Crippen molar-refractivity contribution in [1.82, 2.24) is 25.2 Å². The number of alkyl halides is 2. The molecule has 2 aromatic carbocycles.